The highest BCUT2D eigenvalue weighted by Crippen LogP contribution is 2.09. The zero-order valence-electron chi connectivity index (χ0n) is 16.5. The van der Waals surface area contributed by atoms with Gasteiger partial charge >= 0.3 is 5.97 Å². The van der Waals surface area contributed by atoms with Gasteiger partial charge in [-0.25, -0.2) is 0 Å². The van der Waals surface area contributed by atoms with Crippen LogP contribution in [0, 0.1) is 0 Å². The minimum atomic E-state index is -0.833. The molecule has 0 rings (SSSR count). The van der Waals surface area contributed by atoms with Crippen molar-refractivity contribution in [1.29, 1.82) is 0 Å². The van der Waals surface area contributed by atoms with Crippen molar-refractivity contribution in [3.63, 3.8) is 0 Å². The van der Waals surface area contributed by atoms with Gasteiger partial charge in [-0.1, -0.05) is 70.4 Å². The number of hydrogen-bond donors (Lipinski definition) is 3. The number of unbranched alkanes of at least 4 members (excludes halogenated alkanes) is 11. The molecule has 0 fully saturated rings. The predicted octanol–water partition coefficient (Wildman–Crippen LogP) is 6.36. The Morgan fingerprint density at radius 2 is 1.08 bits per heavy atom. The first-order valence-electron chi connectivity index (χ1n) is 9.57. The van der Waals surface area contributed by atoms with Crippen LogP contribution >= 0.6 is 0 Å². The maximum Gasteiger partial charge on any atom is 0.303 e. The van der Waals surface area contributed by atoms with Crippen LogP contribution in [0.5, 0.6) is 0 Å². The topological polar surface area (TPSA) is 110 Å². The normalized spacial score (nSPS) is 10.0. The van der Waals surface area contributed by atoms with Gasteiger partial charge in [0.1, 0.15) is 0 Å². The summed E-state index contributed by atoms with van der Waals surface area (Å²) < 4.78 is 0. The molecule has 0 aliphatic heterocycles. The number of carbonyl (C=O) groups is 2. The van der Waals surface area contributed by atoms with Gasteiger partial charge in [0.15, 0.2) is 0 Å². The second-order valence-corrected chi connectivity index (χ2v) is 6.25. The van der Waals surface area contributed by atoms with Crippen LogP contribution < -0.4 is 6.15 Å². The van der Waals surface area contributed by atoms with Gasteiger partial charge in [0.2, 0.25) is 0 Å². The predicted molar refractivity (Wildman–Crippen MR) is 105 cm³/mol. The Balaban J connectivity index is -0.000000867. The number of aliphatic carboxylic acids is 2. The van der Waals surface area contributed by atoms with Gasteiger partial charge in [0, 0.05) is 13.3 Å². The lowest BCUT2D eigenvalue weighted by Gasteiger charge is -1.99. The lowest BCUT2D eigenvalue weighted by molar-refractivity contribution is -0.137. The monoisotopic (exact) mass is 359 g/mol. The number of hydrogen-bond acceptors (Lipinski definition) is 3. The summed E-state index contributed by atoms with van der Waals surface area (Å²) in [7, 11) is 0. The van der Waals surface area contributed by atoms with Crippen LogP contribution in [-0.2, 0) is 9.59 Å². The second kappa shape index (κ2) is 24.9. The van der Waals surface area contributed by atoms with E-state index in [4.69, 9.17) is 15.0 Å². The Kier molecular flexibility index (Phi) is 28.3. The molecule has 0 aliphatic rings. The van der Waals surface area contributed by atoms with E-state index >= 15 is 0 Å². The van der Waals surface area contributed by atoms with Gasteiger partial charge in [-0.2, -0.15) is 0 Å². The molecule has 0 aromatic heterocycles. The molecule has 0 unspecified atom stereocenters. The van der Waals surface area contributed by atoms with E-state index in [1.54, 1.807) is 0 Å². The fourth-order valence-electron chi connectivity index (χ4n) is 2.35. The van der Waals surface area contributed by atoms with Crippen molar-refractivity contribution in [3.8, 4) is 0 Å². The molecule has 0 amide bonds. The smallest absolute Gasteiger partial charge is 0.303 e. The molecule has 0 aromatic carbocycles. The van der Waals surface area contributed by atoms with E-state index in [2.05, 4.69) is 19.1 Å². The first kappa shape index (κ1) is 28.4. The molecule has 0 heterocycles. The number of carboxylic acid groups (broad SMARTS) is 2. The average molecular weight is 360 g/mol. The Morgan fingerprint density at radius 3 is 1.48 bits per heavy atom. The zero-order chi connectivity index (χ0) is 18.5. The molecule has 0 spiro atoms. The zero-order valence-corrected chi connectivity index (χ0v) is 16.5. The summed E-state index contributed by atoms with van der Waals surface area (Å²) >= 11 is 0. The summed E-state index contributed by atoms with van der Waals surface area (Å²) in [5.74, 6) is -1.50. The van der Waals surface area contributed by atoms with Gasteiger partial charge < -0.3 is 16.4 Å². The molecule has 0 radical (unpaired) electrons. The maximum atomic E-state index is 10.3. The number of carboxylic acids is 2. The van der Waals surface area contributed by atoms with E-state index < -0.39 is 11.9 Å². The number of rotatable bonds is 15. The van der Waals surface area contributed by atoms with Gasteiger partial charge in [0.05, 0.1) is 0 Å². The molecule has 0 bridgehead atoms. The molecule has 5 heteroatoms. The molecular formula is C20H41NO4. The van der Waals surface area contributed by atoms with E-state index in [-0.39, 0.29) is 6.15 Å². The SMILES string of the molecule is CC(=O)O.CCCCCCCC/C=C\CCCCCCCC(=O)O.N. The molecule has 0 aromatic rings. The van der Waals surface area contributed by atoms with Gasteiger partial charge in [0.25, 0.3) is 5.97 Å². The van der Waals surface area contributed by atoms with Crippen molar-refractivity contribution in [2.75, 3.05) is 0 Å². The summed E-state index contributed by atoms with van der Waals surface area (Å²) in [5.41, 5.74) is 0. The quantitative estimate of drug-likeness (QED) is 0.233. The third kappa shape index (κ3) is 39.4. The summed E-state index contributed by atoms with van der Waals surface area (Å²) in [6.07, 6.45) is 21.2. The van der Waals surface area contributed by atoms with Crippen molar-refractivity contribution >= 4 is 11.9 Å². The van der Waals surface area contributed by atoms with Crippen LogP contribution in [0.2, 0.25) is 0 Å². The highest BCUT2D eigenvalue weighted by Gasteiger charge is 1.95. The standard InChI is InChI=1S/C18H34O2.C2H4O2.H3N/c1-2-3-4-5-6-7-8-9-10-11-12-13-14-15-16-17-18(19)20;1-2(3)4;/h9-10H,2-8,11-17H2,1H3,(H,19,20);1H3,(H,3,4);1H3/b10-9-;;. The fourth-order valence-corrected chi connectivity index (χ4v) is 2.35. The molecule has 0 atom stereocenters. The largest absolute Gasteiger partial charge is 0.481 e. The van der Waals surface area contributed by atoms with E-state index in [0.29, 0.717) is 6.42 Å². The van der Waals surface area contributed by atoms with E-state index in [0.717, 1.165) is 19.8 Å². The van der Waals surface area contributed by atoms with E-state index in [9.17, 15) is 4.79 Å². The molecule has 25 heavy (non-hydrogen) atoms. The first-order valence-corrected chi connectivity index (χ1v) is 9.57. The minimum absolute atomic E-state index is 0. The van der Waals surface area contributed by atoms with E-state index in [1.165, 1.54) is 70.6 Å². The minimum Gasteiger partial charge on any atom is -0.481 e. The third-order valence-corrected chi connectivity index (χ3v) is 3.65. The van der Waals surface area contributed by atoms with Gasteiger partial charge in [-0.15, -0.1) is 0 Å². The average Bonchev–Trinajstić information content (AvgIpc) is 2.50. The molecular weight excluding hydrogens is 318 g/mol. The molecule has 0 saturated heterocycles. The summed E-state index contributed by atoms with van der Waals surface area (Å²) in [4.78, 5) is 19.3. The Morgan fingerprint density at radius 1 is 0.720 bits per heavy atom. The summed E-state index contributed by atoms with van der Waals surface area (Å²) in [5, 5.41) is 15.9. The second-order valence-electron chi connectivity index (χ2n) is 6.25. The van der Waals surface area contributed by atoms with Crippen molar-refractivity contribution in [2.45, 2.75) is 104 Å². The van der Waals surface area contributed by atoms with Crippen LogP contribution in [0.15, 0.2) is 12.2 Å². The molecule has 5 nitrogen and oxygen atoms in total. The van der Waals surface area contributed by atoms with Crippen LogP contribution in [-0.4, -0.2) is 22.2 Å². The van der Waals surface area contributed by atoms with Crippen LogP contribution in [0.4, 0.5) is 0 Å². The van der Waals surface area contributed by atoms with Gasteiger partial charge in [-0.3, -0.25) is 9.59 Å². The first-order chi connectivity index (χ1) is 11.5. The van der Waals surface area contributed by atoms with Crippen molar-refractivity contribution in [2.24, 2.45) is 0 Å². The highest BCUT2D eigenvalue weighted by molar-refractivity contribution is 5.66. The third-order valence-electron chi connectivity index (χ3n) is 3.65. The molecule has 5 N–H and O–H groups in total. The van der Waals surface area contributed by atoms with Crippen LogP contribution in [0.25, 0.3) is 0 Å². The molecule has 0 saturated carbocycles. The maximum absolute atomic E-state index is 10.3. The van der Waals surface area contributed by atoms with Gasteiger partial charge in [-0.05, 0) is 32.1 Å². The van der Waals surface area contributed by atoms with Crippen molar-refractivity contribution in [1.82, 2.24) is 6.15 Å². The van der Waals surface area contributed by atoms with Crippen molar-refractivity contribution < 1.29 is 19.8 Å². The molecule has 0 aliphatic carbocycles. The Bertz CT molecular complexity index is 313. The number of allylic oxidation sites excluding steroid dienone is 2. The van der Waals surface area contributed by atoms with E-state index in [1.807, 2.05) is 0 Å². The lowest BCUT2D eigenvalue weighted by atomic mass is 10.1. The molecule has 150 valence electrons. The van der Waals surface area contributed by atoms with Crippen LogP contribution in [0.1, 0.15) is 104 Å². The fraction of sp³-hybridized carbons (Fsp3) is 0.800. The Hall–Kier alpha value is -1.36. The summed E-state index contributed by atoms with van der Waals surface area (Å²) in [6.45, 7) is 3.34. The highest BCUT2D eigenvalue weighted by atomic mass is 16.4. The lowest BCUT2D eigenvalue weighted by Crippen LogP contribution is -1.93. The van der Waals surface area contributed by atoms with Crippen molar-refractivity contribution in [3.05, 3.63) is 12.2 Å². The Labute approximate surface area is 154 Å². The summed E-state index contributed by atoms with van der Waals surface area (Å²) in [6, 6.07) is 0. The van der Waals surface area contributed by atoms with Crippen LogP contribution in [0.3, 0.4) is 0 Å².